The van der Waals surface area contributed by atoms with E-state index in [0.717, 1.165) is 58.6 Å². The van der Waals surface area contributed by atoms with Gasteiger partial charge >= 0.3 is 0 Å². The summed E-state index contributed by atoms with van der Waals surface area (Å²) >= 11 is 0. The van der Waals surface area contributed by atoms with E-state index in [-0.39, 0.29) is 11.9 Å². The summed E-state index contributed by atoms with van der Waals surface area (Å²) in [5.41, 5.74) is 10.5. The molecular weight excluding hydrogens is 366 g/mol. The van der Waals surface area contributed by atoms with Gasteiger partial charge in [0, 0.05) is 29.9 Å². The van der Waals surface area contributed by atoms with Gasteiger partial charge in [-0.05, 0) is 43.2 Å². The lowest BCUT2D eigenvalue weighted by Crippen LogP contribution is -2.40. The number of hydrogen-bond donors (Lipinski definition) is 2. The van der Waals surface area contributed by atoms with Crippen LogP contribution in [0.5, 0.6) is 0 Å². The van der Waals surface area contributed by atoms with E-state index in [0.29, 0.717) is 0 Å². The number of hydrogen-bond acceptors (Lipinski definition) is 6. The van der Waals surface area contributed by atoms with Crippen LogP contribution in [-0.4, -0.2) is 43.6 Å². The number of rotatable bonds is 4. The molecule has 1 amide bonds. The predicted molar refractivity (Wildman–Crippen MR) is 110 cm³/mol. The number of fused-ring (bicyclic) bond motifs is 1. The van der Waals surface area contributed by atoms with Crippen molar-refractivity contribution in [2.75, 3.05) is 11.4 Å². The molecule has 0 radical (unpaired) electrons. The number of primary amides is 1. The lowest BCUT2D eigenvalue weighted by Gasteiger charge is -2.24. The van der Waals surface area contributed by atoms with Gasteiger partial charge in [0.1, 0.15) is 11.7 Å². The molecule has 0 aromatic carbocycles. The van der Waals surface area contributed by atoms with Crippen LogP contribution in [0.25, 0.3) is 33.5 Å². The van der Waals surface area contributed by atoms with Gasteiger partial charge in [0.15, 0.2) is 0 Å². The third kappa shape index (κ3) is 3.08. The highest BCUT2D eigenvalue weighted by Gasteiger charge is 2.29. The topological polar surface area (TPSA) is 114 Å². The van der Waals surface area contributed by atoms with Gasteiger partial charge in [-0.3, -0.25) is 24.8 Å². The van der Waals surface area contributed by atoms with Gasteiger partial charge in [-0.15, -0.1) is 0 Å². The van der Waals surface area contributed by atoms with Gasteiger partial charge in [0.2, 0.25) is 5.91 Å². The number of aromatic amines is 1. The van der Waals surface area contributed by atoms with Crippen molar-refractivity contribution in [1.82, 2.24) is 25.1 Å². The van der Waals surface area contributed by atoms with Crippen molar-refractivity contribution in [3.05, 3.63) is 55.1 Å². The van der Waals surface area contributed by atoms with E-state index >= 15 is 0 Å². The van der Waals surface area contributed by atoms with Crippen molar-refractivity contribution in [3.63, 3.8) is 0 Å². The fourth-order valence-electron chi connectivity index (χ4n) is 3.85. The second-order valence-corrected chi connectivity index (χ2v) is 7.08. The summed E-state index contributed by atoms with van der Waals surface area (Å²) in [6.45, 7) is 0.806. The van der Waals surface area contributed by atoms with Crippen LogP contribution in [0.15, 0.2) is 55.1 Å². The fraction of sp³-hybridized carbons (Fsp3) is 0.190. The summed E-state index contributed by atoms with van der Waals surface area (Å²) < 4.78 is 0. The lowest BCUT2D eigenvalue weighted by molar-refractivity contribution is -0.119. The van der Waals surface area contributed by atoms with Gasteiger partial charge in [-0.1, -0.05) is 0 Å². The molecule has 1 aliphatic heterocycles. The number of nitrogens with one attached hydrogen (secondary N) is 1. The van der Waals surface area contributed by atoms with E-state index in [1.807, 2.05) is 35.2 Å². The van der Waals surface area contributed by atoms with E-state index in [4.69, 9.17) is 5.73 Å². The highest BCUT2D eigenvalue weighted by atomic mass is 16.1. The molecule has 1 fully saturated rings. The number of H-pyrrole nitrogens is 1. The van der Waals surface area contributed by atoms with Gasteiger partial charge in [-0.25, -0.2) is 0 Å². The number of pyridine rings is 3. The molecule has 0 unspecified atom stereocenters. The second kappa shape index (κ2) is 6.97. The molecule has 8 nitrogen and oxygen atoms in total. The summed E-state index contributed by atoms with van der Waals surface area (Å²) in [4.78, 5) is 26.9. The maximum Gasteiger partial charge on any atom is 0.240 e. The van der Waals surface area contributed by atoms with Crippen LogP contribution in [-0.2, 0) is 4.79 Å². The number of aromatic nitrogens is 5. The Balaban J connectivity index is 1.50. The van der Waals surface area contributed by atoms with Gasteiger partial charge in [-0.2, -0.15) is 5.10 Å². The molecule has 0 aliphatic carbocycles. The Morgan fingerprint density at radius 2 is 2.03 bits per heavy atom. The average molecular weight is 385 g/mol. The third-order valence-electron chi connectivity index (χ3n) is 5.31. The maximum atomic E-state index is 11.7. The van der Waals surface area contributed by atoms with Crippen molar-refractivity contribution in [2.24, 2.45) is 5.73 Å². The Morgan fingerprint density at radius 1 is 1.14 bits per heavy atom. The second-order valence-electron chi connectivity index (χ2n) is 7.08. The van der Waals surface area contributed by atoms with E-state index in [9.17, 15) is 4.79 Å². The molecule has 1 aliphatic rings. The first-order valence-corrected chi connectivity index (χ1v) is 9.47. The Labute approximate surface area is 166 Å². The molecule has 5 heterocycles. The summed E-state index contributed by atoms with van der Waals surface area (Å²) in [6, 6.07) is 9.47. The summed E-state index contributed by atoms with van der Waals surface area (Å²) in [5.74, 6) is -0.291. The number of nitrogens with zero attached hydrogens (tertiary/aromatic N) is 5. The fourth-order valence-corrected chi connectivity index (χ4v) is 3.85. The molecule has 0 spiro atoms. The molecule has 29 heavy (non-hydrogen) atoms. The molecule has 0 saturated carbocycles. The van der Waals surface area contributed by atoms with Crippen LogP contribution >= 0.6 is 0 Å². The van der Waals surface area contributed by atoms with Gasteiger partial charge in [0.05, 0.1) is 35.0 Å². The number of anilines is 1. The highest BCUT2D eigenvalue weighted by Crippen LogP contribution is 2.30. The quantitative estimate of drug-likeness (QED) is 0.558. The first kappa shape index (κ1) is 17.3. The van der Waals surface area contributed by atoms with Crippen molar-refractivity contribution in [3.8, 4) is 22.6 Å². The van der Waals surface area contributed by atoms with Gasteiger partial charge < -0.3 is 10.6 Å². The van der Waals surface area contributed by atoms with Crippen LogP contribution in [0.2, 0.25) is 0 Å². The lowest BCUT2D eigenvalue weighted by atomic mass is 10.1. The number of carbonyl (C=O) groups is 1. The van der Waals surface area contributed by atoms with E-state index in [1.54, 1.807) is 24.8 Å². The summed E-state index contributed by atoms with van der Waals surface area (Å²) in [6.07, 6.45) is 8.80. The molecular formula is C21H19N7O. The highest BCUT2D eigenvalue weighted by molar-refractivity contribution is 5.93. The molecule has 5 rings (SSSR count). The smallest absolute Gasteiger partial charge is 0.240 e. The zero-order valence-corrected chi connectivity index (χ0v) is 15.6. The van der Waals surface area contributed by atoms with Crippen molar-refractivity contribution in [1.29, 1.82) is 0 Å². The standard InChI is InChI=1S/C21H19N7O/c22-21(29)19-4-2-8-28(19)14-5-6-16(24-11-14)20-15-9-17(13-3-1-7-23-10-13)25-12-18(15)26-27-20/h1,3,5-7,9-12,19H,2,4,8H2,(H2,22,29)(H,26,27)/t19-/m0/s1. The molecule has 0 bridgehead atoms. The largest absolute Gasteiger partial charge is 0.368 e. The molecule has 1 saturated heterocycles. The number of carbonyl (C=O) groups excluding carboxylic acids is 1. The van der Waals surface area contributed by atoms with E-state index < -0.39 is 0 Å². The van der Waals surface area contributed by atoms with Crippen LogP contribution in [0.1, 0.15) is 12.8 Å². The molecule has 4 aromatic heterocycles. The predicted octanol–water partition coefficient (Wildman–Crippen LogP) is 2.54. The average Bonchev–Trinajstić information content (AvgIpc) is 3.41. The number of amides is 1. The van der Waals surface area contributed by atoms with Crippen LogP contribution in [0.4, 0.5) is 5.69 Å². The van der Waals surface area contributed by atoms with E-state index in [2.05, 4.69) is 25.1 Å². The zero-order valence-electron chi connectivity index (χ0n) is 15.6. The molecule has 144 valence electrons. The zero-order chi connectivity index (χ0) is 19.8. The van der Waals surface area contributed by atoms with Crippen molar-refractivity contribution in [2.45, 2.75) is 18.9 Å². The molecule has 4 aromatic rings. The monoisotopic (exact) mass is 385 g/mol. The van der Waals surface area contributed by atoms with Crippen molar-refractivity contribution >= 4 is 22.5 Å². The molecule has 8 heteroatoms. The van der Waals surface area contributed by atoms with Crippen LogP contribution < -0.4 is 10.6 Å². The Hall–Kier alpha value is -3.81. The Kier molecular flexibility index (Phi) is 4.16. The molecule has 1 atom stereocenters. The minimum atomic E-state index is -0.291. The minimum absolute atomic E-state index is 0.262. The SMILES string of the molecule is NC(=O)[C@@H]1CCCN1c1ccc(-c2n[nH]c3cnc(-c4cccnc4)cc23)nc1. The minimum Gasteiger partial charge on any atom is -0.368 e. The molecule has 3 N–H and O–H groups in total. The van der Waals surface area contributed by atoms with Crippen LogP contribution in [0, 0.1) is 0 Å². The summed E-state index contributed by atoms with van der Waals surface area (Å²) in [7, 11) is 0. The first-order valence-electron chi connectivity index (χ1n) is 9.47. The van der Waals surface area contributed by atoms with E-state index in [1.165, 1.54) is 0 Å². The summed E-state index contributed by atoms with van der Waals surface area (Å²) in [5, 5.41) is 8.40. The number of nitrogens with two attached hydrogens (primary N) is 1. The Bertz CT molecular complexity index is 1170. The van der Waals surface area contributed by atoms with Gasteiger partial charge in [0.25, 0.3) is 0 Å². The van der Waals surface area contributed by atoms with Crippen molar-refractivity contribution < 1.29 is 4.79 Å². The van der Waals surface area contributed by atoms with Crippen LogP contribution in [0.3, 0.4) is 0 Å². The normalized spacial score (nSPS) is 16.4. The maximum absolute atomic E-state index is 11.7. The Morgan fingerprint density at radius 3 is 2.79 bits per heavy atom. The first-order chi connectivity index (χ1) is 14.2. The third-order valence-corrected chi connectivity index (χ3v) is 5.31.